The predicted octanol–water partition coefficient (Wildman–Crippen LogP) is 3.66. The first-order chi connectivity index (χ1) is 11.3. The molecule has 124 valence electrons. The van der Waals surface area contributed by atoms with Crippen LogP contribution in [0.5, 0.6) is 0 Å². The average molecular weight is 335 g/mol. The first-order valence-corrected chi connectivity index (χ1v) is 8.69. The highest BCUT2D eigenvalue weighted by atomic mass is 32.2. The van der Waals surface area contributed by atoms with Crippen LogP contribution < -0.4 is 10.6 Å². The molecule has 1 aromatic heterocycles. The lowest BCUT2D eigenvalue weighted by molar-refractivity contribution is 0.512. The lowest BCUT2D eigenvalue weighted by Gasteiger charge is -2.10. The minimum Gasteiger partial charge on any atom is -0.467 e. The van der Waals surface area contributed by atoms with E-state index in [1.165, 1.54) is 12.1 Å². The fourth-order valence-corrected chi connectivity index (χ4v) is 2.75. The fraction of sp³-hybridized carbons (Fsp3) is 0.353. The third kappa shape index (κ3) is 6.78. The summed E-state index contributed by atoms with van der Waals surface area (Å²) in [7, 11) is 0. The Kier molecular flexibility index (Phi) is 7.52. The standard InChI is InChI=1S/C17H22FN3OS/c1-2-19-17(21-13-15-5-3-11-22-15)20-10-4-12-23-16-8-6-14(18)7-9-16/h3,5-9,11H,2,4,10,12-13H2,1H3,(H2,19,20,21). The van der Waals surface area contributed by atoms with Crippen molar-refractivity contribution in [1.29, 1.82) is 0 Å². The lowest BCUT2D eigenvalue weighted by atomic mass is 10.4. The second kappa shape index (κ2) is 9.94. The van der Waals surface area contributed by atoms with Gasteiger partial charge >= 0.3 is 0 Å². The normalized spacial score (nSPS) is 11.5. The molecule has 0 fully saturated rings. The molecule has 0 atom stereocenters. The molecule has 6 heteroatoms. The molecule has 0 aliphatic heterocycles. The number of benzene rings is 1. The van der Waals surface area contributed by atoms with Gasteiger partial charge in [0, 0.05) is 18.0 Å². The Labute approximate surface area is 140 Å². The first kappa shape index (κ1) is 17.4. The molecule has 0 unspecified atom stereocenters. The largest absolute Gasteiger partial charge is 0.467 e. The molecule has 1 aromatic carbocycles. The number of halogens is 1. The Morgan fingerprint density at radius 3 is 2.74 bits per heavy atom. The molecule has 0 bridgehead atoms. The molecule has 0 aliphatic rings. The number of rotatable bonds is 8. The molecule has 1 heterocycles. The first-order valence-electron chi connectivity index (χ1n) is 7.71. The van der Waals surface area contributed by atoms with Gasteiger partial charge in [0.1, 0.15) is 18.1 Å². The zero-order valence-electron chi connectivity index (χ0n) is 13.2. The number of guanidine groups is 1. The molecule has 0 amide bonds. The maximum Gasteiger partial charge on any atom is 0.191 e. The van der Waals surface area contributed by atoms with E-state index in [1.54, 1.807) is 18.0 Å². The number of hydrogen-bond donors (Lipinski definition) is 2. The molecule has 2 N–H and O–H groups in total. The predicted molar refractivity (Wildman–Crippen MR) is 93.3 cm³/mol. The van der Waals surface area contributed by atoms with Gasteiger partial charge in [0.25, 0.3) is 0 Å². The quantitative estimate of drug-likeness (QED) is 0.335. The highest BCUT2D eigenvalue weighted by Gasteiger charge is 1.99. The third-order valence-electron chi connectivity index (χ3n) is 3.01. The van der Waals surface area contributed by atoms with Crippen LogP contribution in [0.4, 0.5) is 4.39 Å². The van der Waals surface area contributed by atoms with Crippen molar-refractivity contribution in [2.24, 2.45) is 4.99 Å². The van der Waals surface area contributed by atoms with Gasteiger partial charge in [-0.2, -0.15) is 0 Å². The zero-order valence-corrected chi connectivity index (χ0v) is 14.0. The van der Waals surface area contributed by atoms with Crippen molar-refractivity contribution in [1.82, 2.24) is 10.6 Å². The summed E-state index contributed by atoms with van der Waals surface area (Å²) < 4.78 is 18.1. The van der Waals surface area contributed by atoms with Gasteiger partial charge in [0.05, 0.1) is 6.26 Å². The fourth-order valence-electron chi connectivity index (χ4n) is 1.90. The molecule has 4 nitrogen and oxygen atoms in total. The van der Waals surface area contributed by atoms with Gasteiger partial charge < -0.3 is 15.1 Å². The summed E-state index contributed by atoms with van der Waals surface area (Å²) in [4.78, 5) is 5.56. The van der Waals surface area contributed by atoms with Crippen LogP contribution >= 0.6 is 11.8 Å². The topological polar surface area (TPSA) is 49.6 Å². The van der Waals surface area contributed by atoms with Crippen molar-refractivity contribution in [2.45, 2.75) is 24.8 Å². The molecule has 23 heavy (non-hydrogen) atoms. The van der Waals surface area contributed by atoms with Crippen molar-refractivity contribution in [3.05, 3.63) is 54.2 Å². The minimum atomic E-state index is -0.195. The summed E-state index contributed by atoms with van der Waals surface area (Å²) in [5, 5.41) is 6.51. The summed E-state index contributed by atoms with van der Waals surface area (Å²) in [6, 6.07) is 10.4. The third-order valence-corrected chi connectivity index (χ3v) is 4.11. The number of nitrogens with one attached hydrogen (secondary N) is 2. The number of hydrogen-bond acceptors (Lipinski definition) is 3. The maximum atomic E-state index is 12.8. The van der Waals surface area contributed by atoms with Crippen molar-refractivity contribution in [2.75, 3.05) is 18.8 Å². The molecule has 2 aromatic rings. The SMILES string of the molecule is CCNC(=NCc1ccco1)NCCCSc1ccc(F)cc1. The molecule has 0 radical (unpaired) electrons. The van der Waals surface area contributed by atoms with Gasteiger partial charge in [-0.05, 0) is 55.5 Å². The molecular formula is C17H22FN3OS. The van der Waals surface area contributed by atoms with Crippen LogP contribution in [0, 0.1) is 5.82 Å². The van der Waals surface area contributed by atoms with Crippen LogP contribution in [-0.4, -0.2) is 24.8 Å². The van der Waals surface area contributed by atoms with Gasteiger partial charge in [-0.3, -0.25) is 0 Å². The number of nitrogens with zero attached hydrogens (tertiary/aromatic N) is 1. The highest BCUT2D eigenvalue weighted by molar-refractivity contribution is 7.99. The van der Waals surface area contributed by atoms with Gasteiger partial charge in [-0.1, -0.05) is 0 Å². The molecule has 0 aliphatic carbocycles. The minimum absolute atomic E-state index is 0.195. The van der Waals surface area contributed by atoms with Crippen molar-refractivity contribution >= 4 is 17.7 Å². The van der Waals surface area contributed by atoms with E-state index >= 15 is 0 Å². The highest BCUT2D eigenvalue weighted by Crippen LogP contribution is 2.18. The van der Waals surface area contributed by atoms with E-state index in [2.05, 4.69) is 15.6 Å². The monoisotopic (exact) mass is 335 g/mol. The van der Waals surface area contributed by atoms with E-state index in [0.717, 1.165) is 41.9 Å². The van der Waals surface area contributed by atoms with Crippen LogP contribution in [-0.2, 0) is 6.54 Å². The van der Waals surface area contributed by atoms with Gasteiger partial charge in [-0.25, -0.2) is 9.38 Å². The number of thioether (sulfide) groups is 1. The second-order valence-electron chi connectivity index (χ2n) is 4.86. The Bertz CT molecular complexity index is 584. The summed E-state index contributed by atoms with van der Waals surface area (Å²) in [6.07, 6.45) is 2.64. The Morgan fingerprint density at radius 2 is 2.04 bits per heavy atom. The molecule has 0 saturated carbocycles. The van der Waals surface area contributed by atoms with E-state index in [4.69, 9.17) is 4.42 Å². The van der Waals surface area contributed by atoms with Crippen LogP contribution in [0.2, 0.25) is 0 Å². The zero-order chi connectivity index (χ0) is 16.3. The van der Waals surface area contributed by atoms with Crippen LogP contribution in [0.15, 0.2) is 57.0 Å². The maximum absolute atomic E-state index is 12.8. The lowest BCUT2D eigenvalue weighted by Crippen LogP contribution is -2.37. The van der Waals surface area contributed by atoms with Gasteiger partial charge in [0.2, 0.25) is 0 Å². The van der Waals surface area contributed by atoms with E-state index in [9.17, 15) is 4.39 Å². The molecule has 0 saturated heterocycles. The van der Waals surface area contributed by atoms with E-state index in [1.807, 2.05) is 31.2 Å². The van der Waals surface area contributed by atoms with Crippen LogP contribution in [0.1, 0.15) is 19.1 Å². The summed E-state index contributed by atoms with van der Waals surface area (Å²) in [5.41, 5.74) is 0. The molecular weight excluding hydrogens is 313 g/mol. The summed E-state index contributed by atoms with van der Waals surface area (Å²) >= 11 is 1.72. The molecule has 2 rings (SSSR count). The summed E-state index contributed by atoms with van der Waals surface area (Å²) in [6.45, 7) is 4.20. The Hall–Kier alpha value is -1.95. The van der Waals surface area contributed by atoms with Crippen LogP contribution in [0.3, 0.4) is 0 Å². The Balaban J connectivity index is 1.67. The van der Waals surface area contributed by atoms with E-state index < -0.39 is 0 Å². The second-order valence-corrected chi connectivity index (χ2v) is 6.03. The van der Waals surface area contributed by atoms with Gasteiger partial charge in [0.15, 0.2) is 5.96 Å². The average Bonchev–Trinajstić information content (AvgIpc) is 3.07. The smallest absolute Gasteiger partial charge is 0.191 e. The number of aliphatic imine (C=N–C) groups is 1. The van der Waals surface area contributed by atoms with Crippen molar-refractivity contribution < 1.29 is 8.81 Å². The summed E-state index contributed by atoms with van der Waals surface area (Å²) in [5.74, 6) is 2.40. The number of furan rings is 1. The van der Waals surface area contributed by atoms with Gasteiger partial charge in [-0.15, -0.1) is 11.8 Å². The Morgan fingerprint density at radius 1 is 1.22 bits per heavy atom. The van der Waals surface area contributed by atoms with E-state index in [-0.39, 0.29) is 5.82 Å². The molecule has 0 spiro atoms. The van der Waals surface area contributed by atoms with Crippen LogP contribution in [0.25, 0.3) is 0 Å². The van der Waals surface area contributed by atoms with Crippen molar-refractivity contribution in [3.63, 3.8) is 0 Å². The van der Waals surface area contributed by atoms with Crippen molar-refractivity contribution in [3.8, 4) is 0 Å². The van der Waals surface area contributed by atoms with E-state index in [0.29, 0.717) is 6.54 Å².